The molecule has 0 atom stereocenters. The fourth-order valence-electron chi connectivity index (χ4n) is 2.05. The summed E-state index contributed by atoms with van der Waals surface area (Å²) in [5.74, 6) is 1.59. The molecule has 0 fully saturated rings. The Morgan fingerprint density at radius 3 is 2.32 bits per heavy atom. The molecule has 6 nitrogen and oxygen atoms in total. The molecule has 22 heavy (non-hydrogen) atoms. The van der Waals surface area contributed by atoms with Crippen molar-refractivity contribution >= 4 is 41.3 Å². The number of nitrogens with zero attached hydrogens (tertiary/aromatic N) is 3. The highest BCUT2D eigenvalue weighted by Crippen LogP contribution is 2.16. The van der Waals surface area contributed by atoms with Crippen LogP contribution < -0.4 is 10.6 Å². The summed E-state index contributed by atoms with van der Waals surface area (Å²) in [7, 11) is 1.76. The summed E-state index contributed by atoms with van der Waals surface area (Å²) in [6.07, 6.45) is 0. The largest absolute Gasteiger partial charge is 0.361 e. The Morgan fingerprint density at radius 2 is 1.82 bits per heavy atom. The SMILES string of the molecule is CN=C(NCc1sc(C)nc1C)NCc1c(C)noc1C.I. The summed E-state index contributed by atoms with van der Waals surface area (Å²) in [6, 6.07) is 0. The van der Waals surface area contributed by atoms with Crippen molar-refractivity contribution in [3.63, 3.8) is 0 Å². The summed E-state index contributed by atoms with van der Waals surface area (Å²) < 4.78 is 5.15. The van der Waals surface area contributed by atoms with Crippen molar-refractivity contribution in [1.82, 2.24) is 20.8 Å². The third kappa shape index (κ3) is 4.67. The highest BCUT2D eigenvalue weighted by molar-refractivity contribution is 14.0. The zero-order chi connectivity index (χ0) is 15.4. The second-order valence-electron chi connectivity index (χ2n) is 4.82. The van der Waals surface area contributed by atoms with Crippen LogP contribution in [0.3, 0.4) is 0 Å². The Kier molecular flexibility index (Phi) is 7.27. The number of halogens is 1. The smallest absolute Gasteiger partial charge is 0.191 e. The number of aromatic nitrogens is 2. The van der Waals surface area contributed by atoms with Gasteiger partial charge in [-0.25, -0.2) is 4.98 Å². The third-order valence-electron chi connectivity index (χ3n) is 3.25. The first kappa shape index (κ1) is 18.9. The van der Waals surface area contributed by atoms with Crippen LogP contribution in [0.4, 0.5) is 0 Å². The predicted octanol–water partition coefficient (Wildman–Crippen LogP) is 2.85. The van der Waals surface area contributed by atoms with E-state index in [0.717, 1.165) is 40.2 Å². The first-order chi connectivity index (χ1) is 10.0. The number of aryl methyl sites for hydroxylation is 4. The fraction of sp³-hybridized carbons (Fsp3) is 0.500. The first-order valence-corrected chi connectivity index (χ1v) is 7.62. The van der Waals surface area contributed by atoms with Gasteiger partial charge in [-0.15, -0.1) is 35.3 Å². The number of aliphatic imine (C=N–C) groups is 1. The Balaban J connectivity index is 0.00000242. The monoisotopic (exact) mass is 435 g/mol. The summed E-state index contributed by atoms with van der Waals surface area (Å²) in [5, 5.41) is 11.6. The van der Waals surface area contributed by atoms with Crippen LogP contribution in [0.25, 0.3) is 0 Å². The van der Waals surface area contributed by atoms with Crippen molar-refractivity contribution in [3.8, 4) is 0 Å². The second kappa shape index (κ2) is 8.47. The van der Waals surface area contributed by atoms with E-state index in [1.807, 2.05) is 27.7 Å². The molecule has 8 heteroatoms. The van der Waals surface area contributed by atoms with E-state index in [0.29, 0.717) is 6.54 Å². The first-order valence-electron chi connectivity index (χ1n) is 6.80. The standard InChI is InChI=1S/C14H21N5OS.HI/c1-8-12(10(3)20-19-8)6-16-14(15-5)17-7-13-9(2)18-11(4)21-13;/h6-7H2,1-5H3,(H2,15,16,17);1H. The quantitative estimate of drug-likeness (QED) is 0.439. The van der Waals surface area contributed by atoms with Crippen LogP contribution in [-0.2, 0) is 13.1 Å². The average Bonchev–Trinajstić information content (AvgIpc) is 2.93. The molecule has 0 amide bonds. The molecule has 2 aromatic heterocycles. The average molecular weight is 435 g/mol. The summed E-state index contributed by atoms with van der Waals surface area (Å²) >= 11 is 1.71. The molecule has 0 saturated heterocycles. The number of thiazole rings is 1. The van der Waals surface area contributed by atoms with Gasteiger partial charge < -0.3 is 15.2 Å². The Hall–Kier alpha value is -1.16. The van der Waals surface area contributed by atoms with Crippen LogP contribution in [0.2, 0.25) is 0 Å². The van der Waals surface area contributed by atoms with Crippen LogP contribution >= 0.6 is 35.3 Å². The second-order valence-corrected chi connectivity index (χ2v) is 6.11. The Labute approximate surface area is 151 Å². The minimum Gasteiger partial charge on any atom is -0.361 e. The van der Waals surface area contributed by atoms with Gasteiger partial charge in [0.2, 0.25) is 0 Å². The number of hydrogen-bond acceptors (Lipinski definition) is 5. The normalized spacial score (nSPS) is 11.2. The van der Waals surface area contributed by atoms with E-state index in [1.165, 1.54) is 4.88 Å². The number of hydrogen-bond donors (Lipinski definition) is 2. The molecule has 2 heterocycles. The molecule has 2 N–H and O–H groups in total. The number of guanidine groups is 1. The van der Waals surface area contributed by atoms with Crippen molar-refractivity contribution in [1.29, 1.82) is 0 Å². The molecule has 0 aromatic carbocycles. The topological polar surface area (TPSA) is 75.3 Å². The molecule has 122 valence electrons. The molecule has 0 aliphatic rings. The van der Waals surface area contributed by atoms with Crippen LogP contribution in [0, 0.1) is 27.7 Å². The fourth-order valence-corrected chi connectivity index (χ4v) is 2.93. The maximum Gasteiger partial charge on any atom is 0.191 e. The van der Waals surface area contributed by atoms with Crippen molar-refractivity contribution in [3.05, 3.63) is 32.6 Å². The molecule has 0 radical (unpaired) electrons. The van der Waals surface area contributed by atoms with Gasteiger partial charge in [0.05, 0.1) is 22.9 Å². The lowest BCUT2D eigenvalue weighted by Gasteiger charge is -2.11. The molecular weight excluding hydrogens is 413 g/mol. The molecule has 0 bridgehead atoms. The van der Waals surface area contributed by atoms with Gasteiger partial charge in [0.15, 0.2) is 5.96 Å². The zero-order valence-corrected chi connectivity index (χ0v) is 16.6. The van der Waals surface area contributed by atoms with Gasteiger partial charge in [0.25, 0.3) is 0 Å². The number of nitrogens with one attached hydrogen (secondary N) is 2. The molecule has 0 spiro atoms. The number of rotatable bonds is 4. The molecule has 2 rings (SSSR count). The van der Waals surface area contributed by atoms with Gasteiger partial charge in [-0.1, -0.05) is 5.16 Å². The minimum absolute atomic E-state index is 0. The third-order valence-corrected chi connectivity index (χ3v) is 4.33. The molecule has 0 saturated carbocycles. The minimum atomic E-state index is 0. The van der Waals surface area contributed by atoms with E-state index < -0.39 is 0 Å². The summed E-state index contributed by atoms with van der Waals surface area (Å²) in [5.41, 5.74) is 3.05. The van der Waals surface area contributed by atoms with Crippen molar-refractivity contribution < 1.29 is 4.52 Å². The summed E-state index contributed by atoms with van der Waals surface area (Å²) in [4.78, 5) is 9.88. The van der Waals surface area contributed by atoms with E-state index in [1.54, 1.807) is 18.4 Å². The maximum atomic E-state index is 5.15. The van der Waals surface area contributed by atoms with E-state index in [4.69, 9.17) is 4.52 Å². The van der Waals surface area contributed by atoms with E-state index >= 15 is 0 Å². The summed E-state index contributed by atoms with van der Waals surface area (Å²) in [6.45, 7) is 9.26. The van der Waals surface area contributed by atoms with Gasteiger partial charge >= 0.3 is 0 Å². The lowest BCUT2D eigenvalue weighted by atomic mass is 10.2. The molecular formula is C14H22IN5OS. The molecule has 0 aliphatic carbocycles. The van der Waals surface area contributed by atoms with Gasteiger partial charge in [0, 0.05) is 24.0 Å². The molecule has 0 aliphatic heterocycles. The van der Waals surface area contributed by atoms with Gasteiger partial charge in [0.1, 0.15) is 5.76 Å². The van der Waals surface area contributed by atoms with E-state index in [2.05, 4.69) is 25.8 Å². The highest BCUT2D eigenvalue weighted by atomic mass is 127. The Morgan fingerprint density at radius 1 is 1.14 bits per heavy atom. The highest BCUT2D eigenvalue weighted by Gasteiger charge is 2.10. The van der Waals surface area contributed by atoms with Gasteiger partial charge in [-0.2, -0.15) is 0 Å². The van der Waals surface area contributed by atoms with Crippen molar-refractivity contribution in [2.45, 2.75) is 40.8 Å². The predicted molar refractivity (Wildman–Crippen MR) is 100 cm³/mol. The van der Waals surface area contributed by atoms with Crippen molar-refractivity contribution in [2.75, 3.05) is 7.05 Å². The van der Waals surface area contributed by atoms with Gasteiger partial charge in [-0.05, 0) is 27.7 Å². The van der Waals surface area contributed by atoms with Crippen molar-refractivity contribution in [2.24, 2.45) is 4.99 Å². The van der Waals surface area contributed by atoms with E-state index in [9.17, 15) is 0 Å². The molecule has 2 aromatic rings. The maximum absolute atomic E-state index is 5.15. The van der Waals surface area contributed by atoms with E-state index in [-0.39, 0.29) is 24.0 Å². The van der Waals surface area contributed by atoms with Gasteiger partial charge in [-0.3, -0.25) is 4.99 Å². The lowest BCUT2D eigenvalue weighted by Crippen LogP contribution is -2.36. The van der Waals surface area contributed by atoms with Crippen LogP contribution in [-0.4, -0.2) is 23.1 Å². The van der Waals surface area contributed by atoms with Crippen LogP contribution in [0.15, 0.2) is 9.52 Å². The van der Waals surface area contributed by atoms with Crippen LogP contribution in [0.5, 0.6) is 0 Å². The lowest BCUT2D eigenvalue weighted by molar-refractivity contribution is 0.392. The Bertz CT molecular complexity index is 630. The zero-order valence-electron chi connectivity index (χ0n) is 13.5. The van der Waals surface area contributed by atoms with Crippen LogP contribution in [0.1, 0.15) is 32.6 Å². The molecule has 0 unspecified atom stereocenters.